The van der Waals surface area contributed by atoms with Gasteiger partial charge in [0.05, 0.1) is 0 Å². The second kappa shape index (κ2) is 6.38. The van der Waals surface area contributed by atoms with E-state index < -0.39 is 10.0 Å². The molecule has 0 atom stereocenters. The zero-order valence-electron chi connectivity index (χ0n) is 12.1. The molecule has 7 heteroatoms. The lowest BCUT2D eigenvalue weighted by Gasteiger charge is -2.25. The first-order valence-electron chi connectivity index (χ1n) is 6.61. The molecule has 0 spiro atoms. The topological polar surface area (TPSA) is 81.2 Å². The van der Waals surface area contributed by atoms with Gasteiger partial charge in [0.15, 0.2) is 5.82 Å². The van der Waals surface area contributed by atoms with Gasteiger partial charge in [0.25, 0.3) is 0 Å². The fourth-order valence-electron chi connectivity index (χ4n) is 1.98. The van der Waals surface area contributed by atoms with Crippen LogP contribution in [0.15, 0.2) is 11.1 Å². The normalized spacial score (nSPS) is 12.5. The third-order valence-corrected chi connectivity index (χ3v) is 5.06. The Kier molecular flexibility index (Phi) is 5.37. The van der Waals surface area contributed by atoms with E-state index in [0.717, 1.165) is 19.3 Å². The van der Waals surface area contributed by atoms with Crippen molar-refractivity contribution in [2.45, 2.75) is 51.0 Å². The van der Waals surface area contributed by atoms with Crippen LogP contribution in [0.1, 0.15) is 40.0 Å². The number of unbranched alkanes of at least 4 members (excludes halogenated alkanes) is 2. The molecule has 0 saturated carbocycles. The van der Waals surface area contributed by atoms with Crippen LogP contribution >= 0.6 is 0 Å². The number of sulfonamides is 1. The Morgan fingerprint density at radius 2 is 2.05 bits per heavy atom. The average molecular weight is 288 g/mol. The molecule has 0 unspecified atom stereocenters. The molecule has 0 fully saturated rings. The number of nitrogen functional groups attached to an aromatic ring is 1. The number of rotatable bonds is 7. The summed E-state index contributed by atoms with van der Waals surface area (Å²) in [6.45, 7) is 6.35. The number of nitrogens with two attached hydrogens (primary N) is 1. The number of aromatic nitrogens is 2. The maximum Gasteiger partial charge on any atom is 0.248 e. The summed E-state index contributed by atoms with van der Waals surface area (Å²) < 4.78 is 28.1. The van der Waals surface area contributed by atoms with Crippen LogP contribution in [0, 0.1) is 0 Å². The van der Waals surface area contributed by atoms with E-state index in [4.69, 9.17) is 5.73 Å². The largest absolute Gasteiger partial charge is 0.381 e. The van der Waals surface area contributed by atoms with Crippen LogP contribution < -0.4 is 5.73 Å². The third-order valence-electron chi connectivity index (χ3n) is 2.97. The Labute approximate surface area is 115 Å². The Hall–Kier alpha value is -1.08. The second-order valence-electron chi connectivity index (χ2n) is 4.97. The highest BCUT2D eigenvalue weighted by Gasteiger charge is 2.30. The maximum atomic E-state index is 12.6. The fraction of sp³-hybridized carbons (Fsp3) is 0.750. The smallest absolute Gasteiger partial charge is 0.248 e. The molecule has 0 aromatic carbocycles. The first-order chi connectivity index (χ1) is 8.80. The summed E-state index contributed by atoms with van der Waals surface area (Å²) in [5.41, 5.74) is 5.68. The summed E-state index contributed by atoms with van der Waals surface area (Å²) in [7, 11) is -1.91. The molecule has 110 valence electrons. The highest BCUT2D eigenvalue weighted by molar-refractivity contribution is 7.89. The number of hydrogen-bond donors (Lipinski definition) is 1. The summed E-state index contributed by atoms with van der Waals surface area (Å²) in [5.74, 6) is 0.0589. The number of aryl methyl sites for hydroxylation is 1. The van der Waals surface area contributed by atoms with Crippen LogP contribution in [0.4, 0.5) is 5.82 Å². The van der Waals surface area contributed by atoms with Gasteiger partial charge in [-0.25, -0.2) is 8.42 Å². The lowest BCUT2D eigenvalue weighted by molar-refractivity contribution is 0.346. The number of hydrogen-bond acceptors (Lipinski definition) is 4. The van der Waals surface area contributed by atoms with Crippen LogP contribution in [0.3, 0.4) is 0 Å². The number of nitrogens with zero attached hydrogens (tertiary/aromatic N) is 3. The van der Waals surface area contributed by atoms with Gasteiger partial charge in [-0.05, 0) is 20.3 Å². The first-order valence-corrected chi connectivity index (χ1v) is 8.05. The quantitative estimate of drug-likeness (QED) is 0.773. The Morgan fingerprint density at radius 3 is 2.47 bits per heavy atom. The van der Waals surface area contributed by atoms with E-state index in [1.165, 1.54) is 15.2 Å². The summed E-state index contributed by atoms with van der Waals surface area (Å²) >= 11 is 0. The van der Waals surface area contributed by atoms with Gasteiger partial charge in [-0.3, -0.25) is 4.68 Å². The van der Waals surface area contributed by atoms with Crippen molar-refractivity contribution in [1.82, 2.24) is 14.1 Å². The summed E-state index contributed by atoms with van der Waals surface area (Å²) in [5, 5.41) is 3.90. The maximum absolute atomic E-state index is 12.6. The molecule has 1 aromatic heterocycles. The van der Waals surface area contributed by atoms with Gasteiger partial charge in [0.1, 0.15) is 4.90 Å². The minimum absolute atomic E-state index is 0.0589. The van der Waals surface area contributed by atoms with E-state index in [0.29, 0.717) is 6.54 Å². The van der Waals surface area contributed by atoms with Crippen molar-refractivity contribution < 1.29 is 8.42 Å². The predicted molar refractivity (Wildman–Crippen MR) is 76.2 cm³/mol. The zero-order chi connectivity index (χ0) is 14.6. The molecule has 0 amide bonds. The molecule has 6 nitrogen and oxygen atoms in total. The minimum atomic E-state index is -3.57. The van der Waals surface area contributed by atoms with Crippen molar-refractivity contribution in [1.29, 1.82) is 0 Å². The summed E-state index contributed by atoms with van der Waals surface area (Å²) in [4.78, 5) is 0.0974. The van der Waals surface area contributed by atoms with Gasteiger partial charge in [-0.15, -0.1) is 0 Å². The molecule has 2 N–H and O–H groups in total. The van der Waals surface area contributed by atoms with E-state index in [9.17, 15) is 8.42 Å². The average Bonchev–Trinajstić information content (AvgIpc) is 2.64. The van der Waals surface area contributed by atoms with E-state index in [1.807, 2.05) is 13.8 Å². The van der Waals surface area contributed by atoms with E-state index in [1.54, 1.807) is 7.05 Å². The minimum Gasteiger partial charge on any atom is -0.381 e. The van der Waals surface area contributed by atoms with Gasteiger partial charge < -0.3 is 5.73 Å². The van der Waals surface area contributed by atoms with Crippen LogP contribution in [-0.2, 0) is 17.1 Å². The molecular formula is C12H24N4O2S. The molecule has 1 rings (SSSR count). The standard InChI is InChI=1S/C12H24N4O2S/c1-5-6-7-8-16(10(2)3)19(17,18)11-9-15(4)14-12(11)13/h9-10H,5-8H2,1-4H3,(H2,13,14). The third kappa shape index (κ3) is 3.70. The van der Waals surface area contributed by atoms with E-state index >= 15 is 0 Å². The molecule has 0 bridgehead atoms. The highest BCUT2D eigenvalue weighted by Crippen LogP contribution is 2.23. The highest BCUT2D eigenvalue weighted by atomic mass is 32.2. The van der Waals surface area contributed by atoms with Gasteiger partial charge in [0.2, 0.25) is 10.0 Å². The fourth-order valence-corrected chi connectivity index (χ4v) is 3.75. The van der Waals surface area contributed by atoms with Crippen molar-refractivity contribution in [2.24, 2.45) is 7.05 Å². The van der Waals surface area contributed by atoms with Crippen molar-refractivity contribution in [2.75, 3.05) is 12.3 Å². The molecule has 0 saturated heterocycles. The Bertz CT molecular complexity index is 508. The molecule has 0 aliphatic heterocycles. The van der Waals surface area contributed by atoms with Crippen LogP contribution in [-0.4, -0.2) is 35.1 Å². The lowest BCUT2D eigenvalue weighted by Crippen LogP contribution is -2.37. The predicted octanol–water partition coefficient (Wildman–Crippen LogP) is 1.59. The first kappa shape index (κ1) is 16.0. The van der Waals surface area contributed by atoms with Gasteiger partial charge >= 0.3 is 0 Å². The van der Waals surface area contributed by atoms with Crippen LogP contribution in [0.5, 0.6) is 0 Å². The molecule has 0 radical (unpaired) electrons. The molecule has 1 aromatic rings. The van der Waals surface area contributed by atoms with Crippen molar-refractivity contribution in [3.8, 4) is 0 Å². The zero-order valence-corrected chi connectivity index (χ0v) is 12.9. The van der Waals surface area contributed by atoms with Gasteiger partial charge in [-0.1, -0.05) is 19.8 Å². The van der Waals surface area contributed by atoms with Crippen molar-refractivity contribution >= 4 is 15.8 Å². The van der Waals surface area contributed by atoms with Crippen molar-refractivity contribution in [3.05, 3.63) is 6.20 Å². The lowest BCUT2D eigenvalue weighted by atomic mass is 10.2. The Morgan fingerprint density at radius 1 is 1.42 bits per heavy atom. The van der Waals surface area contributed by atoms with Crippen molar-refractivity contribution in [3.63, 3.8) is 0 Å². The molecule has 19 heavy (non-hydrogen) atoms. The molecule has 1 heterocycles. The summed E-state index contributed by atoms with van der Waals surface area (Å²) in [6, 6.07) is -0.0959. The molecule has 0 aliphatic rings. The van der Waals surface area contributed by atoms with Crippen LogP contribution in [0.2, 0.25) is 0 Å². The second-order valence-corrected chi connectivity index (χ2v) is 6.83. The summed E-state index contributed by atoms with van der Waals surface area (Å²) in [6.07, 6.45) is 4.39. The van der Waals surface area contributed by atoms with Gasteiger partial charge in [0, 0.05) is 25.8 Å². The van der Waals surface area contributed by atoms with Gasteiger partial charge in [-0.2, -0.15) is 9.40 Å². The van der Waals surface area contributed by atoms with E-state index in [-0.39, 0.29) is 16.8 Å². The van der Waals surface area contributed by atoms with Crippen LogP contribution in [0.25, 0.3) is 0 Å². The van der Waals surface area contributed by atoms with E-state index in [2.05, 4.69) is 12.0 Å². The number of anilines is 1. The molecule has 0 aliphatic carbocycles. The monoisotopic (exact) mass is 288 g/mol. The Balaban J connectivity index is 3.03. The molecular weight excluding hydrogens is 264 g/mol. The SMILES string of the molecule is CCCCCN(C(C)C)S(=O)(=O)c1cn(C)nc1N.